The van der Waals surface area contributed by atoms with E-state index < -0.39 is 10.0 Å². The number of aromatic nitrogens is 1. The van der Waals surface area contributed by atoms with E-state index in [0.29, 0.717) is 6.42 Å². The van der Waals surface area contributed by atoms with Crippen molar-refractivity contribution in [2.45, 2.75) is 17.9 Å². The van der Waals surface area contributed by atoms with Crippen LogP contribution >= 0.6 is 15.9 Å². The number of nitrogens with one attached hydrogen (secondary N) is 1. The molecular weight excluding hydrogens is 348 g/mol. The number of hydrogen-bond donors (Lipinski definition) is 2. The van der Waals surface area contributed by atoms with E-state index >= 15 is 0 Å². The van der Waals surface area contributed by atoms with Crippen molar-refractivity contribution >= 4 is 26.0 Å². The number of aliphatic hydroxyl groups excluding tert-OH is 1. The predicted octanol–water partition coefficient (Wildman–Crippen LogP) is 1.45. The first-order valence-electron chi connectivity index (χ1n) is 5.80. The van der Waals surface area contributed by atoms with Gasteiger partial charge in [-0.2, -0.15) is 0 Å². The van der Waals surface area contributed by atoms with Crippen molar-refractivity contribution < 1.29 is 17.9 Å². The molecule has 0 atom stereocenters. The highest BCUT2D eigenvalue weighted by molar-refractivity contribution is 9.10. The lowest BCUT2D eigenvalue weighted by Crippen LogP contribution is -2.26. The molecule has 2 heterocycles. The maximum absolute atomic E-state index is 12.1. The first kappa shape index (κ1) is 15.2. The molecule has 0 fully saturated rings. The molecule has 2 aromatic heterocycles. The van der Waals surface area contributed by atoms with Crippen LogP contribution in [0.2, 0.25) is 0 Å². The second-order valence-electron chi connectivity index (χ2n) is 4.02. The molecule has 0 aliphatic heterocycles. The molecule has 0 saturated heterocycles. The topological polar surface area (TPSA) is 92.4 Å². The van der Waals surface area contributed by atoms with Crippen LogP contribution in [0.25, 0.3) is 0 Å². The summed E-state index contributed by atoms with van der Waals surface area (Å²) in [6.45, 7) is -0.107. The highest BCUT2D eigenvalue weighted by atomic mass is 79.9. The zero-order valence-corrected chi connectivity index (χ0v) is 12.8. The van der Waals surface area contributed by atoms with Gasteiger partial charge in [-0.15, -0.1) is 0 Å². The Hall–Kier alpha value is -1.22. The Kier molecular flexibility index (Phi) is 4.92. The van der Waals surface area contributed by atoms with Gasteiger partial charge in [0.15, 0.2) is 4.67 Å². The third-order valence-electron chi connectivity index (χ3n) is 2.58. The Balaban J connectivity index is 2.02. The zero-order chi connectivity index (χ0) is 14.6. The molecule has 0 amide bonds. The van der Waals surface area contributed by atoms with E-state index in [1.54, 1.807) is 18.5 Å². The molecule has 108 valence electrons. The summed E-state index contributed by atoms with van der Waals surface area (Å²) in [5.41, 5.74) is 0.942. The van der Waals surface area contributed by atoms with Gasteiger partial charge in [0.05, 0.1) is 0 Å². The number of hydrogen-bond acceptors (Lipinski definition) is 5. The Labute approximate surface area is 125 Å². The molecule has 20 heavy (non-hydrogen) atoms. The van der Waals surface area contributed by atoms with Crippen LogP contribution in [0.3, 0.4) is 0 Å². The number of aliphatic hydroxyl groups is 1. The van der Waals surface area contributed by atoms with E-state index in [0.717, 1.165) is 5.56 Å². The minimum Gasteiger partial charge on any atom is -0.450 e. The van der Waals surface area contributed by atoms with Gasteiger partial charge in [0.1, 0.15) is 17.3 Å². The van der Waals surface area contributed by atoms with E-state index in [4.69, 9.17) is 9.52 Å². The quantitative estimate of drug-likeness (QED) is 0.813. The average molecular weight is 361 g/mol. The third kappa shape index (κ3) is 3.66. The summed E-state index contributed by atoms with van der Waals surface area (Å²) in [6.07, 6.45) is 3.88. The van der Waals surface area contributed by atoms with Crippen molar-refractivity contribution in [2.24, 2.45) is 0 Å². The fraction of sp³-hybridized carbons (Fsp3) is 0.250. The van der Waals surface area contributed by atoms with Gasteiger partial charge in [-0.3, -0.25) is 4.98 Å². The van der Waals surface area contributed by atoms with Gasteiger partial charge < -0.3 is 9.52 Å². The minimum atomic E-state index is -3.67. The Morgan fingerprint density at radius 1 is 1.45 bits per heavy atom. The summed E-state index contributed by atoms with van der Waals surface area (Å²) >= 11 is 3.02. The minimum absolute atomic E-state index is 0.0206. The number of sulfonamides is 1. The monoisotopic (exact) mass is 360 g/mol. The Bertz CT molecular complexity index is 670. The summed E-state index contributed by atoms with van der Waals surface area (Å²) in [5.74, 6) is 0.185. The summed E-state index contributed by atoms with van der Waals surface area (Å²) < 4.78 is 31.8. The molecule has 2 aromatic rings. The SMILES string of the molecule is O=S(=O)(NCCc1cccnc1)c1cc(CO)oc1Br. The van der Waals surface area contributed by atoms with E-state index in [1.165, 1.54) is 6.07 Å². The number of nitrogens with zero attached hydrogens (tertiary/aromatic N) is 1. The molecule has 6 nitrogen and oxygen atoms in total. The molecule has 0 aliphatic rings. The fourth-order valence-corrected chi connectivity index (χ4v) is 3.64. The van der Waals surface area contributed by atoms with E-state index in [-0.39, 0.29) is 28.5 Å². The molecule has 0 saturated carbocycles. The fourth-order valence-electron chi connectivity index (χ4n) is 1.61. The second kappa shape index (κ2) is 6.49. The van der Waals surface area contributed by atoms with Crippen molar-refractivity contribution in [2.75, 3.05) is 6.54 Å². The first-order chi connectivity index (χ1) is 9.53. The molecule has 2 rings (SSSR count). The van der Waals surface area contributed by atoms with Crippen LogP contribution in [0.15, 0.2) is 44.6 Å². The standard InChI is InChI=1S/C12H13BrN2O4S/c13-12-11(6-10(8-16)19-12)20(17,18)15-5-3-9-2-1-4-14-7-9/h1-2,4,6-7,15-16H,3,5,8H2. The molecular formula is C12H13BrN2O4S. The molecule has 8 heteroatoms. The third-order valence-corrected chi connectivity index (χ3v) is 4.90. The maximum atomic E-state index is 12.1. The summed E-state index contributed by atoms with van der Waals surface area (Å²) in [4.78, 5) is 3.94. The lowest BCUT2D eigenvalue weighted by molar-refractivity contribution is 0.245. The molecule has 0 aromatic carbocycles. The summed E-state index contributed by atoms with van der Waals surface area (Å²) in [5, 5.41) is 8.93. The number of halogens is 1. The number of furan rings is 1. The van der Waals surface area contributed by atoms with E-state index in [1.807, 2.05) is 6.07 Å². The summed E-state index contributed by atoms with van der Waals surface area (Å²) in [7, 11) is -3.67. The summed E-state index contributed by atoms with van der Waals surface area (Å²) in [6, 6.07) is 4.96. The Morgan fingerprint density at radius 2 is 2.25 bits per heavy atom. The van der Waals surface area contributed by atoms with E-state index in [9.17, 15) is 8.42 Å². The van der Waals surface area contributed by atoms with Crippen LogP contribution in [0.4, 0.5) is 0 Å². The molecule has 0 radical (unpaired) electrons. The van der Waals surface area contributed by atoms with Crippen LogP contribution in [-0.2, 0) is 23.1 Å². The number of pyridine rings is 1. The lowest BCUT2D eigenvalue weighted by Gasteiger charge is -2.05. The molecule has 0 aliphatic carbocycles. The van der Waals surface area contributed by atoms with Gasteiger partial charge in [-0.1, -0.05) is 6.07 Å². The van der Waals surface area contributed by atoms with Gasteiger partial charge >= 0.3 is 0 Å². The smallest absolute Gasteiger partial charge is 0.244 e. The first-order valence-corrected chi connectivity index (χ1v) is 8.08. The Morgan fingerprint density at radius 3 is 2.85 bits per heavy atom. The van der Waals surface area contributed by atoms with Crippen LogP contribution in [0, 0.1) is 0 Å². The van der Waals surface area contributed by atoms with Gasteiger partial charge in [-0.05, 0) is 34.0 Å². The van der Waals surface area contributed by atoms with E-state index in [2.05, 4.69) is 25.6 Å². The van der Waals surface area contributed by atoms with Gasteiger partial charge in [0.25, 0.3) is 0 Å². The number of rotatable bonds is 6. The van der Waals surface area contributed by atoms with Crippen LogP contribution in [-0.4, -0.2) is 25.1 Å². The molecule has 0 unspecified atom stereocenters. The highest BCUT2D eigenvalue weighted by Gasteiger charge is 2.21. The largest absolute Gasteiger partial charge is 0.450 e. The lowest BCUT2D eigenvalue weighted by atomic mass is 10.2. The van der Waals surface area contributed by atoms with Crippen molar-refractivity contribution in [3.05, 3.63) is 46.6 Å². The normalized spacial score (nSPS) is 11.7. The van der Waals surface area contributed by atoms with Gasteiger partial charge in [-0.25, -0.2) is 13.1 Å². The van der Waals surface area contributed by atoms with Crippen LogP contribution < -0.4 is 4.72 Å². The van der Waals surface area contributed by atoms with Crippen molar-refractivity contribution in [1.29, 1.82) is 0 Å². The van der Waals surface area contributed by atoms with Crippen molar-refractivity contribution in [3.8, 4) is 0 Å². The highest BCUT2D eigenvalue weighted by Crippen LogP contribution is 2.25. The second-order valence-corrected chi connectivity index (χ2v) is 6.47. The zero-order valence-electron chi connectivity index (χ0n) is 10.4. The molecule has 0 bridgehead atoms. The van der Waals surface area contributed by atoms with Gasteiger partial charge in [0, 0.05) is 25.0 Å². The van der Waals surface area contributed by atoms with Crippen LogP contribution in [0.5, 0.6) is 0 Å². The average Bonchev–Trinajstić information content (AvgIpc) is 2.82. The van der Waals surface area contributed by atoms with Gasteiger partial charge in [0.2, 0.25) is 10.0 Å². The molecule has 2 N–H and O–H groups in total. The molecule has 0 spiro atoms. The van der Waals surface area contributed by atoms with Crippen molar-refractivity contribution in [1.82, 2.24) is 9.71 Å². The predicted molar refractivity (Wildman–Crippen MR) is 75.5 cm³/mol. The van der Waals surface area contributed by atoms with Crippen LogP contribution in [0.1, 0.15) is 11.3 Å². The maximum Gasteiger partial charge on any atom is 0.244 e. The van der Waals surface area contributed by atoms with Crippen molar-refractivity contribution in [3.63, 3.8) is 0 Å².